The zero-order chi connectivity index (χ0) is 11.0. The van der Waals surface area contributed by atoms with E-state index in [1.807, 2.05) is 18.3 Å². The van der Waals surface area contributed by atoms with E-state index >= 15 is 0 Å². The highest BCUT2D eigenvalue weighted by molar-refractivity contribution is 5.46. The van der Waals surface area contributed by atoms with Crippen LogP contribution < -0.4 is 0 Å². The number of phenolic OH excluding ortho intramolecular Hbond substituents is 1. The standard InChI is InChI=1S/C12H12N2O2/c15-12-4-2-1-3-10(12)14-11-8-16-6-5-9(11)7-13-14/h1-4,7,15H,5-6,8H2. The normalized spacial score (nSPS) is 14.8. The van der Waals surface area contributed by atoms with Crippen molar-refractivity contribution in [3.8, 4) is 11.4 Å². The monoisotopic (exact) mass is 216 g/mol. The number of phenols is 1. The van der Waals surface area contributed by atoms with Gasteiger partial charge in [-0.25, -0.2) is 4.68 Å². The zero-order valence-corrected chi connectivity index (χ0v) is 8.76. The number of hydrogen-bond acceptors (Lipinski definition) is 3. The van der Waals surface area contributed by atoms with Crippen LogP contribution in [-0.4, -0.2) is 21.5 Å². The molecule has 0 bridgehead atoms. The fraction of sp³-hybridized carbons (Fsp3) is 0.250. The first kappa shape index (κ1) is 9.42. The average molecular weight is 216 g/mol. The molecule has 1 aromatic heterocycles. The fourth-order valence-electron chi connectivity index (χ4n) is 1.97. The van der Waals surface area contributed by atoms with E-state index in [1.54, 1.807) is 16.8 Å². The van der Waals surface area contributed by atoms with Crippen LogP contribution in [0.25, 0.3) is 5.69 Å². The molecule has 4 nitrogen and oxygen atoms in total. The molecule has 0 atom stereocenters. The van der Waals surface area contributed by atoms with Crippen molar-refractivity contribution in [1.82, 2.24) is 9.78 Å². The van der Waals surface area contributed by atoms with Gasteiger partial charge in [-0.15, -0.1) is 0 Å². The second-order valence-electron chi connectivity index (χ2n) is 3.82. The highest BCUT2D eigenvalue weighted by Crippen LogP contribution is 2.25. The van der Waals surface area contributed by atoms with Crippen molar-refractivity contribution in [2.75, 3.05) is 6.61 Å². The summed E-state index contributed by atoms with van der Waals surface area (Å²) >= 11 is 0. The Balaban J connectivity index is 2.13. The van der Waals surface area contributed by atoms with Crippen LogP contribution in [0.4, 0.5) is 0 Å². The van der Waals surface area contributed by atoms with Gasteiger partial charge in [0.2, 0.25) is 0 Å². The molecule has 0 saturated carbocycles. The Morgan fingerprint density at radius 3 is 3.06 bits per heavy atom. The molecule has 1 aliphatic rings. The number of nitrogens with zero attached hydrogens (tertiary/aromatic N) is 2. The molecule has 1 N–H and O–H groups in total. The summed E-state index contributed by atoms with van der Waals surface area (Å²) in [6, 6.07) is 7.18. The number of aromatic hydroxyl groups is 1. The number of benzene rings is 1. The molecule has 4 heteroatoms. The van der Waals surface area contributed by atoms with Crippen LogP contribution in [0.5, 0.6) is 5.75 Å². The topological polar surface area (TPSA) is 47.3 Å². The average Bonchev–Trinajstić information content (AvgIpc) is 2.74. The lowest BCUT2D eigenvalue weighted by Gasteiger charge is -2.15. The molecule has 0 spiro atoms. The molecule has 0 unspecified atom stereocenters. The van der Waals surface area contributed by atoms with Crippen LogP contribution >= 0.6 is 0 Å². The van der Waals surface area contributed by atoms with Crippen molar-refractivity contribution in [3.63, 3.8) is 0 Å². The first-order valence-corrected chi connectivity index (χ1v) is 5.28. The third-order valence-electron chi connectivity index (χ3n) is 2.82. The minimum Gasteiger partial charge on any atom is -0.506 e. The first-order chi connectivity index (χ1) is 7.86. The predicted octanol–water partition coefficient (Wildman–Crippen LogP) is 1.65. The molecule has 0 fully saturated rings. The Morgan fingerprint density at radius 2 is 2.19 bits per heavy atom. The van der Waals surface area contributed by atoms with Crippen molar-refractivity contribution >= 4 is 0 Å². The van der Waals surface area contributed by atoms with E-state index in [0.717, 1.165) is 18.7 Å². The van der Waals surface area contributed by atoms with Crippen LogP contribution in [0, 0.1) is 0 Å². The number of aromatic nitrogens is 2. The molecule has 0 aliphatic carbocycles. The van der Waals surface area contributed by atoms with Crippen LogP contribution in [0.1, 0.15) is 11.3 Å². The Hall–Kier alpha value is -1.81. The summed E-state index contributed by atoms with van der Waals surface area (Å²) in [5.41, 5.74) is 2.94. The van der Waals surface area contributed by atoms with Gasteiger partial charge in [-0.3, -0.25) is 0 Å². The molecule has 82 valence electrons. The van der Waals surface area contributed by atoms with Crippen molar-refractivity contribution in [3.05, 3.63) is 41.7 Å². The highest BCUT2D eigenvalue weighted by Gasteiger charge is 2.17. The quantitative estimate of drug-likeness (QED) is 0.788. The summed E-state index contributed by atoms with van der Waals surface area (Å²) in [7, 11) is 0. The van der Waals surface area contributed by atoms with Crippen LogP contribution in [0.15, 0.2) is 30.5 Å². The summed E-state index contributed by atoms with van der Waals surface area (Å²) in [5, 5.41) is 14.1. The van der Waals surface area contributed by atoms with E-state index in [4.69, 9.17) is 4.74 Å². The number of rotatable bonds is 1. The molecular formula is C12H12N2O2. The maximum absolute atomic E-state index is 9.78. The van der Waals surface area contributed by atoms with Crippen molar-refractivity contribution < 1.29 is 9.84 Å². The lowest BCUT2D eigenvalue weighted by atomic mass is 10.1. The minimum atomic E-state index is 0.235. The zero-order valence-electron chi connectivity index (χ0n) is 8.76. The molecular weight excluding hydrogens is 204 g/mol. The predicted molar refractivity (Wildman–Crippen MR) is 58.6 cm³/mol. The fourth-order valence-corrected chi connectivity index (χ4v) is 1.97. The minimum absolute atomic E-state index is 0.235. The maximum atomic E-state index is 9.78. The molecule has 1 aromatic carbocycles. The van der Waals surface area contributed by atoms with Gasteiger partial charge < -0.3 is 9.84 Å². The van der Waals surface area contributed by atoms with Gasteiger partial charge in [0.05, 0.1) is 25.1 Å². The SMILES string of the molecule is Oc1ccccc1-n1ncc2c1COCC2. The van der Waals surface area contributed by atoms with E-state index in [9.17, 15) is 5.11 Å². The van der Waals surface area contributed by atoms with E-state index in [-0.39, 0.29) is 5.75 Å². The summed E-state index contributed by atoms with van der Waals surface area (Å²) in [6.07, 6.45) is 2.74. The highest BCUT2D eigenvalue weighted by atomic mass is 16.5. The van der Waals surface area contributed by atoms with Gasteiger partial charge in [-0.05, 0) is 24.1 Å². The van der Waals surface area contributed by atoms with E-state index < -0.39 is 0 Å². The van der Waals surface area contributed by atoms with Gasteiger partial charge in [-0.1, -0.05) is 12.1 Å². The molecule has 1 aliphatic heterocycles. The number of fused-ring (bicyclic) bond motifs is 1. The summed E-state index contributed by atoms with van der Waals surface area (Å²) in [6.45, 7) is 1.31. The third kappa shape index (κ3) is 1.39. The van der Waals surface area contributed by atoms with E-state index in [1.165, 1.54) is 5.56 Å². The molecule has 2 heterocycles. The van der Waals surface area contributed by atoms with Crippen molar-refractivity contribution in [1.29, 1.82) is 0 Å². The van der Waals surface area contributed by atoms with Gasteiger partial charge in [0.1, 0.15) is 11.4 Å². The van der Waals surface area contributed by atoms with Crippen molar-refractivity contribution in [2.45, 2.75) is 13.0 Å². The second-order valence-corrected chi connectivity index (χ2v) is 3.82. The molecule has 0 radical (unpaired) electrons. The molecule has 3 rings (SSSR count). The third-order valence-corrected chi connectivity index (χ3v) is 2.82. The van der Waals surface area contributed by atoms with Crippen LogP contribution in [0.2, 0.25) is 0 Å². The Kier molecular flexibility index (Phi) is 2.15. The van der Waals surface area contributed by atoms with Gasteiger partial charge in [-0.2, -0.15) is 5.10 Å². The Bertz CT molecular complexity index is 519. The molecule has 0 amide bonds. The number of ether oxygens (including phenoxy) is 1. The molecule has 2 aromatic rings. The largest absolute Gasteiger partial charge is 0.506 e. The van der Waals surface area contributed by atoms with Gasteiger partial charge in [0.15, 0.2) is 0 Å². The molecule has 16 heavy (non-hydrogen) atoms. The van der Waals surface area contributed by atoms with E-state index in [2.05, 4.69) is 5.10 Å². The Morgan fingerprint density at radius 1 is 1.31 bits per heavy atom. The summed E-state index contributed by atoms with van der Waals surface area (Å²) in [5.74, 6) is 0.235. The molecule has 0 saturated heterocycles. The summed E-state index contributed by atoms with van der Waals surface area (Å²) in [4.78, 5) is 0. The van der Waals surface area contributed by atoms with Crippen LogP contribution in [-0.2, 0) is 17.8 Å². The number of hydrogen-bond donors (Lipinski definition) is 1. The van der Waals surface area contributed by atoms with E-state index in [0.29, 0.717) is 12.3 Å². The smallest absolute Gasteiger partial charge is 0.141 e. The van der Waals surface area contributed by atoms with Gasteiger partial charge in [0.25, 0.3) is 0 Å². The first-order valence-electron chi connectivity index (χ1n) is 5.28. The second kappa shape index (κ2) is 3.64. The van der Waals surface area contributed by atoms with Crippen molar-refractivity contribution in [2.24, 2.45) is 0 Å². The van der Waals surface area contributed by atoms with Gasteiger partial charge >= 0.3 is 0 Å². The van der Waals surface area contributed by atoms with Crippen LogP contribution in [0.3, 0.4) is 0 Å². The Labute approximate surface area is 93.1 Å². The number of para-hydroxylation sites is 2. The maximum Gasteiger partial charge on any atom is 0.141 e. The lowest BCUT2D eigenvalue weighted by molar-refractivity contribution is 0.106. The summed E-state index contributed by atoms with van der Waals surface area (Å²) < 4.78 is 7.17. The lowest BCUT2D eigenvalue weighted by Crippen LogP contribution is -2.12. The van der Waals surface area contributed by atoms with Gasteiger partial charge in [0, 0.05) is 0 Å².